The van der Waals surface area contributed by atoms with Crippen LogP contribution in [0, 0.1) is 5.92 Å². The van der Waals surface area contributed by atoms with Crippen LogP contribution in [0.15, 0.2) is 30.5 Å². The van der Waals surface area contributed by atoms with Crippen molar-refractivity contribution in [2.75, 3.05) is 31.6 Å². The number of nitrogens with one attached hydrogen (secondary N) is 1. The number of amides is 2. The van der Waals surface area contributed by atoms with Crippen LogP contribution in [0.5, 0.6) is 0 Å². The monoisotopic (exact) mass is 384 g/mol. The standard InChI is InChI=1S/C21H28N4O3/c22-18-3-1-2-15(18)13-20(26)23-17-4-5-19-16(12-17)6-7-25(19)14-21(27)24-8-10-28-11-9-24/h4-7,12,15,18H,1-3,8-11,13-14,22H2,(H,23,26)/t15-,18+/m0/s1. The summed E-state index contributed by atoms with van der Waals surface area (Å²) in [5.41, 5.74) is 7.83. The van der Waals surface area contributed by atoms with E-state index in [9.17, 15) is 9.59 Å². The molecule has 3 N–H and O–H groups in total. The molecule has 1 aliphatic heterocycles. The molecule has 1 aromatic carbocycles. The van der Waals surface area contributed by atoms with E-state index < -0.39 is 0 Å². The molecule has 2 aromatic rings. The third-order valence-corrected chi connectivity index (χ3v) is 5.89. The van der Waals surface area contributed by atoms with Crippen molar-refractivity contribution < 1.29 is 14.3 Å². The van der Waals surface area contributed by atoms with Gasteiger partial charge in [-0.05, 0) is 43.0 Å². The predicted molar refractivity (Wildman–Crippen MR) is 108 cm³/mol. The molecule has 1 aromatic heterocycles. The first kappa shape index (κ1) is 19.0. The zero-order valence-electron chi connectivity index (χ0n) is 16.1. The van der Waals surface area contributed by atoms with Crippen molar-refractivity contribution in [1.82, 2.24) is 9.47 Å². The molecule has 0 spiro atoms. The summed E-state index contributed by atoms with van der Waals surface area (Å²) in [5.74, 6) is 0.408. The van der Waals surface area contributed by atoms with E-state index in [1.54, 1.807) is 0 Å². The minimum Gasteiger partial charge on any atom is -0.378 e. The second-order valence-electron chi connectivity index (χ2n) is 7.82. The van der Waals surface area contributed by atoms with E-state index in [1.807, 2.05) is 39.9 Å². The molecule has 0 radical (unpaired) electrons. The third-order valence-electron chi connectivity index (χ3n) is 5.89. The quantitative estimate of drug-likeness (QED) is 0.825. The zero-order chi connectivity index (χ0) is 19.5. The highest BCUT2D eigenvalue weighted by atomic mass is 16.5. The van der Waals surface area contributed by atoms with Crippen molar-refractivity contribution in [2.45, 2.75) is 38.3 Å². The Kier molecular flexibility index (Phi) is 5.64. The number of anilines is 1. The number of aromatic nitrogens is 1. The molecule has 4 rings (SSSR count). The Morgan fingerprint density at radius 1 is 1.18 bits per heavy atom. The first-order chi connectivity index (χ1) is 13.6. The maximum atomic E-state index is 12.5. The van der Waals surface area contributed by atoms with Gasteiger partial charge in [0.15, 0.2) is 0 Å². The van der Waals surface area contributed by atoms with Gasteiger partial charge < -0.3 is 25.3 Å². The highest BCUT2D eigenvalue weighted by Crippen LogP contribution is 2.27. The number of carbonyl (C=O) groups excluding carboxylic acids is 2. The molecule has 28 heavy (non-hydrogen) atoms. The van der Waals surface area contributed by atoms with E-state index in [1.165, 1.54) is 0 Å². The fourth-order valence-corrected chi connectivity index (χ4v) is 4.24. The first-order valence-corrected chi connectivity index (χ1v) is 10.1. The molecule has 2 heterocycles. The van der Waals surface area contributed by atoms with Gasteiger partial charge in [-0.2, -0.15) is 0 Å². The summed E-state index contributed by atoms with van der Waals surface area (Å²) in [5, 5.41) is 4.00. The first-order valence-electron chi connectivity index (χ1n) is 10.1. The SMILES string of the molecule is N[C@@H]1CCC[C@H]1CC(=O)Nc1ccc2c(ccn2CC(=O)N2CCOCC2)c1. The lowest BCUT2D eigenvalue weighted by Crippen LogP contribution is -2.42. The van der Waals surface area contributed by atoms with Crippen molar-refractivity contribution in [1.29, 1.82) is 0 Å². The lowest BCUT2D eigenvalue weighted by atomic mass is 10.00. The molecule has 1 saturated carbocycles. The second-order valence-corrected chi connectivity index (χ2v) is 7.82. The molecule has 7 nitrogen and oxygen atoms in total. The van der Waals surface area contributed by atoms with Crippen LogP contribution in [0.4, 0.5) is 5.69 Å². The highest BCUT2D eigenvalue weighted by Gasteiger charge is 2.26. The van der Waals surface area contributed by atoms with E-state index >= 15 is 0 Å². The topological polar surface area (TPSA) is 89.6 Å². The van der Waals surface area contributed by atoms with E-state index in [2.05, 4.69) is 5.32 Å². The number of morpholine rings is 1. The Balaban J connectivity index is 1.39. The van der Waals surface area contributed by atoms with Crippen molar-refractivity contribution in [3.63, 3.8) is 0 Å². The van der Waals surface area contributed by atoms with E-state index in [-0.39, 0.29) is 23.8 Å². The Morgan fingerprint density at radius 3 is 2.75 bits per heavy atom. The summed E-state index contributed by atoms with van der Waals surface area (Å²) in [6.45, 7) is 2.83. The lowest BCUT2D eigenvalue weighted by Gasteiger charge is -2.27. The Bertz CT molecular complexity index is 856. The number of fused-ring (bicyclic) bond motifs is 1. The van der Waals surface area contributed by atoms with Gasteiger partial charge in [-0.25, -0.2) is 0 Å². The molecular weight excluding hydrogens is 356 g/mol. The number of ether oxygens (including phenoxy) is 1. The summed E-state index contributed by atoms with van der Waals surface area (Å²) in [6, 6.07) is 7.93. The smallest absolute Gasteiger partial charge is 0.242 e. The lowest BCUT2D eigenvalue weighted by molar-refractivity contribution is -0.135. The van der Waals surface area contributed by atoms with Gasteiger partial charge in [-0.15, -0.1) is 0 Å². The summed E-state index contributed by atoms with van der Waals surface area (Å²) >= 11 is 0. The number of hydrogen-bond acceptors (Lipinski definition) is 4. The molecule has 150 valence electrons. The predicted octanol–water partition coefficient (Wildman–Crippen LogP) is 1.96. The molecule has 2 atom stereocenters. The molecule has 2 fully saturated rings. The summed E-state index contributed by atoms with van der Waals surface area (Å²) in [6.07, 6.45) is 5.57. The molecule has 2 aliphatic rings. The number of nitrogens with two attached hydrogens (primary N) is 1. The number of hydrogen-bond donors (Lipinski definition) is 2. The maximum Gasteiger partial charge on any atom is 0.242 e. The molecule has 1 aliphatic carbocycles. The van der Waals surface area contributed by atoms with Gasteiger partial charge >= 0.3 is 0 Å². The van der Waals surface area contributed by atoms with Crippen molar-refractivity contribution in [3.05, 3.63) is 30.5 Å². The van der Waals surface area contributed by atoms with Crippen LogP contribution in [-0.2, 0) is 20.9 Å². The molecule has 2 amide bonds. The van der Waals surface area contributed by atoms with Crippen molar-refractivity contribution >= 4 is 28.4 Å². The van der Waals surface area contributed by atoms with E-state index in [4.69, 9.17) is 10.5 Å². The third kappa shape index (κ3) is 4.20. The van der Waals surface area contributed by atoms with Crippen LogP contribution in [-0.4, -0.2) is 53.6 Å². The van der Waals surface area contributed by atoms with Gasteiger partial charge in [-0.3, -0.25) is 9.59 Å². The Morgan fingerprint density at radius 2 is 2.00 bits per heavy atom. The minimum absolute atomic E-state index is 0.0172. The maximum absolute atomic E-state index is 12.5. The number of benzene rings is 1. The fourth-order valence-electron chi connectivity index (χ4n) is 4.24. The van der Waals surface area contributed by atoms with Gasteiger partial charge in [0.1, 0.15) is 6.54 Å². The van der Waals surface area contributed by atoms with E-state index in [0.29, 0.717) is 39.3 Å². The average Bonchev–Trinajstić information content (AvgIpc) is 3.28. The van der Waals surface area contributed by atoms with Gasteiger partial charge in [0.25, 0.3) is 0 Å². The Hall–Kier alpha value is -2.38. The Labute approximate surface area is 164 Å². The minimum atomic E-state index is 0.0172. The summed E-state index contributed by atoms with van der Waals surface area (Å²) < 4.78 is 7.26. The molecule has 0 bridgehead atoms. The van der Waals surface area contributed by atoms with Gasteiger partial charge in [-0.1, -0.05) is 6.42 Å². The molecule has 1 saturated heterocycles. The summed E-state index contributed by atoms with van der Waals surface area (Å²) in [4.78, 5) is 26.7. The summed E-state index contributed by atoms with van der Waals surface area (Å²) in [7, 11) is 0. The number of rotatable bonds is 5. The van der Waals surface area contributed by atoms with Crippen LogP contribution in [0.1, 0.15) is 25.7 Å². The van der Waals surface area contributed by atoms with Crippen LogP contribution < -0.4 is 11.1 Å². The molecule has 7 heteroatoms. The molecular formula is C21H28N4O3. The van der Waals surface area contributed by atoms with Crippen molar-refractivity contribution in [2.24, 2.45) is 11.7 Å². The normalized spacial score (nSPS) is 22.5. The zero-order valence-corrected chi connectivity index (χ0v) is 16.1. The van der Waals surface area contributed by atoms with Gasteiger partial charge in [0.2, 0.25) is 11.8 Å². The van der Waals surface area contributed by atoms with Crippen LogP contribution in [0.2, 0.25) is 0 Å². The second kappa shape index (κ2) is 8.32. The highest BCUT2D eigenvalue weighted by molar-refractivity contribution is 5.94. The van der Waals surface area contributed by atoms with Crippen LogP contribution >= 0.6 is 0 Å². The fraction of sp³-hybridized carbons (Fsp3) is 0.524. The number of nitrogens with zero attached hydrogens (tertiary/aromatic N) is 2. The molecule has 0 unspecified atom stereocenters. The average molecular weight is 384 g/mol. The van der Waals surface area contributed by atoms with E-state index in [0.717, 1.165) is 35.9 Å². The van der Waals surface area contributed by atoms with Crippen molar-refractivity contribution in [3.8, 4) is 0 Å². The van der Waals surface area contributed by atoms with Crippen LogP contribution in [0.25, 0.3) is 10.9 Å². The van der Waals surface area contributed by atoms with Crippen LogP contribution in [0.3, 0.4) is 0 Å². The van der Waals surface area contributed by atoms with Gasteiger partial charge in [0, 0.05) is 48.3 Å². The van der Waals surface area contributed by atoms with Gasteiger partial charge in [0.05, 0.1) is 13.2 Å². The number of carbonyl (C=O) groups is 2. The largest absolute Gasteiger partial charge is 0.378 e.